The van der Waals surface area contributed by atoms with Crippen molar-refractivity contribution in [1.29, 1.82) is 0 Å². The lowest BCUT2D eigenvalue weighted by Gasteiger charge is -2.11. The molecule has 0 saturated carbocycles. The molecule has 0 amide bonds. The zero-order valence-corrected chi connectivity index (χ0v) is 10.0. The van der Waals surface area contributed by atoms with E-state index in [0.29, 0.717) is 29.5 Å². The minimum Gasteiger partial charge on any atom is -0.479 e. The fraction of sp³-hybridized carbons (Fsp3) is 0.500. The summed E-state index contributed by atoms with van der Waals surface area (Å²) in [6.07, 6.45) is 1.45. The Kier molecular flexibility index (Phi) is 3.10. The van der Waals surface area contributed by atoms with Crippen molar-refractivity contribution in [2.45, 2.75) is 19.6 Å². The second-order valence-corrected chi connectivity index (χ2v) is 3.68. The van der Waals surface area contributed by atoms with E-state index < -0.39 is 0 Å². The summed E-state index contributed by atoms with van der Waals surface area (Å²) in [6.45, 7) is 2.53. The van der Waals surface area contributed by atoms with Crippen LogP contribution in [0.15, 0.2) is 6.33 Å². The van der Waals surface area contributed by atoms with Crippen LogP contribution in [0.3, 0.4) is 0 Å². The van der Waals surface area contributed by atoms with E-state index >= 15 is 0 Å². The lowest BCUT2D eigenvalue weighted by Crippen LogP contribution is -2.16. The Morgan fingerprint density at radius 1 is 1.41 bits per heavy atom. The van der Waals surface area contributed by atoms with Gasteiger partial charge in [0.2, 0.25) is 11.8 Å². The van der Waals surface area contributed by atoms with Crippen LogP contribution in [0.4, 0.5) is 5.95 Å². The highest BCUT2D eigenvalue weighted by Crippen LogP contribution is 2.22. The predicted octanol–water partition coefficient (Wildman–Crippen LogP) is 0.452. The Bertz CT molecular complexity index is 525. The average Bonchev–Trinajstić information content (AvgIpc) is 2.66. The third-order valence-corrected chi connectivity index (χ3v) is 2.56. The number of hydrogen-bond acceptors (Lipinski definition) is 6. The Balaban J connectivity index is 2.52. The van der Waals surface area contributed by atoms with Crippen molar-refractivity contribution in [3.63, 3.8) is 0 Å². The molecule has 0 aliphatic rings. The molecule has 2 heterocycles. The van der Waals surface area contributed by atoms with E-state index in [4.69, 9.17) is 15.2 Å². The average molecular weight is 237 g/mol. The van der Waals surface area contributed by atoms with Crippen molar-refractivity contribution in [3.8, 4) is 5.88 Å². The zero-order valence-electron chi connectivity index (χ0n) is 10.0. The van der Waals surface area contributed by atoms with Gasteiger partial charge in [-0.2, -0.15) is 4.98 Å². The molecule has 2 aromatic heterocycles. The summed E-state index contributed by atoms with van der Waals surface area (Å²) >= 11 is 0. The first-order valence-electron chi connectivity index (χ1n) is 5.20. The Labute approximate surface area is 98.6 Å². The molecule has 0 aliphatic carbocycles. The number of aromatic nitrogens is 4. The molecule has 7 nitrogen and oxygen atoms in total. The van der Waals surface area contributed by atoms with Gasteiger partial charge < -0.3 is 15.2 Å². The van der Waals surface area contributed by atoms with Gasteiger partial charge in [0.1, 0.15) is 6.33 Å². The van der Waals surface area contributed by atoms with Crippen molar-refractivity contribution < 1.29 is 9.47 Å². The van der Waals surface area contributed by atoms with Crippen molar-refractivity contribution >= 4 is 17.1 Å². The molecule has 1 atom stereocenters. The van der Waals surface area contributed by atoms with Crippen LogP contribution in [0.1, 0.15) is 6.92 Å². The highest BCUT2D eigenvalue weighted by molar-refractivity contribution is 5.78. The summed E-state index contributed by atoms with van der Waals surface area (Å²) < 4.78 is 12.1. The first kappa shape index (κ1) is 11.6. The molecule has 92 valence electrons. The summed E-state index contributed by atoms with van der Waals surface area (Å²) in [5.41, 5.74) is 7.07. The van der Waals surface area contributed by atoms with Gasteiger partial charge in [-0.15, -0.1) is 0 Å². The van der Waals surface area contributed by atoms with Crippen LogP contribution in [-0.2, 0) is 11.3 Å². The fourth-order valence-corrected chi connectivity index (χ4v) is 1.59. The van der Waals surface area contributed by atoms with Crippen molar-refractivity contribution in [2.75, 3.05) is 20.0 Å². The lowest BCUT2D eigenvalue weighted by atomic mass is 10.4. The Hall–Kier alpha value is -1.89. The van der Waals surface area contributed by atoms with Gasteiger partial charge in [0.05, 0.1) is 19.8 Å². The van der Waals surface area contributed by atoms with E-state index in [1.807, 2.05) is 6.92 Å². The maximum Gasteiger partial charge on any atom is 0.245 e. The van der Waals surface area contributed by atoms with Gasteiger partial charge in [-0.05, 0) is 6.92 Å². The van der Waals surface area contributed by atoms with Crippen molar-refractivity contribution in [1.82, 2.24) is 19.5 Å². The third-order valence-electron chi connectivity index (χ3n) is 2.56. The van der Waals surface area contributed by atoms with E-state index in [0.717, 1.165) is 0 Å². The van der Waals surface area contributed by atoms with Crippen LogP contribution < -0.4 is 10.5 Å². The predicted molar refractivity (Wildman–Crippen MR) is 62.8 cm³/mol. The van der Waals surface area contributed by atoms with Crippen LogP contribution >= 0.6 is 0 Å². The molecule has 2 aromatic rings. The zero-order chi connectivity index (χ0) is 12.4. The van der Waals surface area contributed by atoms with E-state index in [-0.39, 0.29) is 6.10 Å². The molecule has 2 N–H and O–H groups in total. The van der Waals surface area contributed by atoms with Gasteiger partial charge in [0.25, 0.3) is 0 Å². The first-order chi connectivity index (χ1) is 8.17. The quantitative estimate of drug-likeness (QED) is 0.830. The molecule has 7 heteroatoms. The monoisotopic (exact) mass is 237 g/mol. The third kappa shape index (κ3) is 2.01. The van der Waals surface area contributed by atoms with Gasteiger partial charge in [0, 0.05) is 7.11 Å². The number of nitrogens with zero attached hydrogens (tertiary/aromatic N) is 4. The minimum absolute atomic E-state index is 0.0238. The summed E-state index contributed by atoms with van der Waals surface area (Å²) in [4.78, 5) is 12.4. The maximum atomic E-state index is 5.85. The van der Waals surface area contributed by atoms with Crippen LogP contribution in [0.25, 0.3) is 11.2 Å². The molecular formula is C10H15N5O2. The smallest absolute Gasteiger partial charge is 0.245 e. The molecule has 0 bridgehead atoms. The van der Waals surface area contributed by atoms with Crippen LogP contribution in [0.2, 0.25) is 0 Å². The second kappa shape index (κ2) is 4.54. The Morgan fingerprint density at radius 3 is 2.82 bits per heavy atom. The number of methoxy groups -OCH3 is 2. The molecule has 0 radical (unpaired) electrons. The van der Waals surface area contributed by atoms with Crippen LogP contribution in [0, 0.1) is 0 Å². The molecule has 17 heavy (non-hydrogen) atoms. The van der Waals surface area contributed by atoms with Gasteiger partial charge in [-0.25, -0.2) is 9.97 Å². The SMILES string of the molecule is COc1ncnc2c1nc(N)n2CC(C)OC. The number of nitrogens with two attached hydrogens (primary N) is 1. The van der Waals surface area contributed by atoms with Crippen molar-refractivity contribution in [3.05, 3.63) is 6.33 Å². The molecule has 0 aliphatic heterocycles. The largest absolute Gasteiger partial charge is 0.479 e. The van der Waals surface area contributed by atoms with E-state index in [2.05, 4.69) is 15.0 Å². The Morgan fingerprint density at radius 2 is 2.18 bits per heavy atom. The number of fused-ring (bicyclic) bond motifs is 1. The molecule has 1 unspecified atom stereocenters. The van der Waals surface area contributed by atoms with Gasteiger partial charge in [-0.3, -0.25) is 4.57 Å². The fourth-order valence-electron chi connectivity index (χ4n) is 1.59. The molecule has 0 spiro atoms. The molecule has 0 saturated heterocycles. The van der Waals surface area contributed by atoms with Gasteiger partial charge >= 0.3 is 0 Å². The topological polar surface area (TPSA) is 88.1 Å². The van der Waals surface area contributed by atoms with E-state index in [9.17, 15) is 0 Å². The van der Waals surface area contributed by atoms with Gasteiger partial charge in [-0.1, -0.05) is 0 Å². The minimum atomic E-state index is 0.0238. The van der Waals surface area contributed by atoms with Crippen LogP contribution in [0.5, 0.6) is 5.88 Å². The summed E-state index contributed by atoms with van der Waals surface area (Å²) in [5.74, 6) is 0.799. The normalized spacial score (nSPS) is 12.9. The molecular weight excluding hydrogens is 222 g/mol. The number of hydrogen-bond donors (Lipinski definition) is 1. The van der Waals surface area contributed by atoms with E-state index in [1.165, 1.54) is 13.4 Å². The van der Waals surface area contributed by atoms with E-state index in [1.54, 1.807) is 11.7 Å². The molecule has 0 aromatic carbocycles. The maximum absolute atomic E-state index is 5.85. The summed E-state index contributed by atoms with van der Waals surface area (Å²) in [6, 6.07) is 0. The number of imidazole rings is 1. The number of anilines is 1. The second-order valence-electron chi connectivity index (χ2n) is 3.68. The lowest BCUT2D eigenvalue weighted by molar-refractivity contribution is 0.104. The molecule has 0 fully saturated rings. The summed E-state index contributed by atoms with van der Waals surface area (Å²) in [7, 11) is 3.18. The first-order valence-corrected chi connectivity index (χ1v) is 5.20. The summed E-state index contributed by atoms with van der Waals surface area (Å²) in [5, 5.41) is 0. The highest BCUT2D eigenvalue weighted by atomic mass is 16.5. The molecule has 2 rings (SSSR count). The van der Waals surface area contributed by atoms with Crippen LogP contribution in [-0.4, -0.2) is 39.8 Å². The van der Waals surface area contributed by atoms with Gasteiger partial charge in [0.15, 0.2) is 11.2 Å². The number of rotatable bonds is 4. The standard InChI is InChI=1S/C10H15N5O2/c1-6(16-2)4-15-8-7(14-10(15)11)9(17-3)13-5-12-8/h5-6H,4H2,1-3H3,(H2,11,14). The van der Waals surface area contributed by atoms with Crippen molar-refractivity contribution in [2.24, 2.45) is 0 Å². The highest BCUT2D eigenvalue weighted by Gasteiger charge is 2.15. The number of ether oxygens (including phenoxy) is 2. The number of nitrogen functional groups attached to an aromatic ring is 1.